The number of hydrogen-bond donors (Lipinski definition) is 2. The first kappa shape index (κ1) is 14.0. The third kappa shape index (κ3) is 4.04. The highest BCUT2D eigenvalue weighted by Crippen LogP contribution is 2.20. The summed E-state index contributed by atoms with van der Waals surface area (Å²) >= 11 is 0. The van der Waals surface area contributed by atoms with Gasteiger partial charge < -0.3 is 15.2 Å². The number of carboxylic acid groups (broad SMARTS) is 1. The van der Waals surface area contributed by atoms with Crippen molar-refractivity contribution < 1.29 is 23.8 Å². The van der Waals surface area contributed by atoms with Gasteiger partial charge in [-0.1, -0.05) is 0 Å². The summed E-state index contributed by atoms with van der Waals surface area (Å²) in [5.41, 5.74) is -0.227. The van der Waals surface area contributed by atoms with E-state index < -0.39 is 11.8 Å². The molecule has 0 aliphatic carbocycles. The molecule has 0 radical (unpaired) electrons. The molecule has 0 atom stereocenters. The van der Waals surface area contributed by atoms with E-state index in [9.17, 15) is 14.0 Å². The van der Waals surface area contributed by atoms with Crippen LogP contribution in [0.15, 0.2) is 18.2 Å². The Morgan fingerprint density at radius 1 is 1.44 bits per heavy atom. The molecule has 5 nitrogen and oxygen atoms in total. The minimum absolute atomic E-state index is 0.0980. The summed E-state index contributed by atoms with van der Waals surface area (Å²) in [4.78, 5) is 21.8. The quantitative estimate of drug-likeness (QED) is 0.754. The Morgan fingerprint density at radius 2 is 2.17 bits per heavy atom. The van der Waals surface area contributed by atoms with Crippen LogP contribution in [0.2, 0.25) is 0 Å². The van der Waals surface area contributed by atoms with Crippen LogP contribution in [0.3, 0.4) is 0 Å². The first-order valence-electron chi connectivity index (χ1n) is 5.41. The van der Waals surface area contributed by atoms with Crippen molar-refractivity contribution in [2.45, 2.75) is 12.8 Å². The average molecular weight is 255 g/mol. The SMILES string of the molecule is CNC(=O)CCCOc1ccc(F)cc1C(=O)O. The standard InChI is InChI=1S/C12H14FNO4/c1-14-11(15)3-2-6-18-10-5-4-8(13)7-9(10)12(16)17/h4-5,7H,2-3,6H2,1H3,(H,14,15)(H,16,17). The summed E-state index contributed by atoms with van der Waals surface area (Å²) in [5.74, 6) is -1.90. The number of carbonyl (C=O) groups excluding carboxylic acids is 1. The summed E-state index contributed by atoms with van der Waals surface area (Å²) in [7, 11) is 1.53. The highest BCUT2D eigenvalue weighted by Gasteiger charge is 2.12. The van der Waals surface area contributed by atoms with Crippen LogP contribution in [-0.2, 0) is 4.79 Å². The molecule has 1 amide bonds. The van der Waals surface area contributed by atoms with E-state index in [1.54, 1.807) is 0 Å². The Kier molecular flexibility index (Phi) is 5.10. The van der Waals surface area contributed by atoms with E-state index in [4.69, 9.17) is 9.84 Å². The molecule has 0 aliphatic rings. The van der Waals surface area contributed by atoms with Crippen LogP contribution < -0.4 is 10.1 Å². The molecule has 0 unspecified atom stereocenters. The maximum Gasteiger partial charge on any atom is 0.339 e. The van der Waals surface area contributed by atoms with E-state index in [0.29, 0.717) is 12.8 Å². The molecule has 1 aromatic rings. The largest absolute Gasteiger partial charge is 0.493 e. The zero-order valence-corrected chi connectivity index (χ0v) is 9.90. The number of amides is 1. The van der Waals surface area contributed by atoms with Crippen molar-refractivity contribution in [2.24, 2.45) is 0 Å². The van der Waals surface area contributed by atoms with Crippen molar-refractivity contribution in [2.75, 3.05) is 13.7 Å². The molecule has 18 heavy (non-hydrogen) atoms. The van der Waals surface area contributed by atoms with E-state index in [1.165, 1.54) is 13.1 Å². The topological polar surface area (TPSA) is 75.6 Å². The number of ether oxygens (including phenoxy) is 1. The predicted octanol–water partition coefficient (Wildman–Crippen LogP) is 1.43. The van der Waals surface area contributed by atoms with Gasteiger partial charge in [-0.25, -0.2) is 9.18 Å². The van der Waals surface area contributed by atoms with E-state index in [1.807, 2.05) is 0 Å². The molecule has 0 spiro atoms. The molecule has 1 rings (SSSR count). The van der Waals surface area contributed by atoms with Crippen LogP contribution in [0, 0.1) is 5.82 Å². The van der Waals surface area contributed by atoms with Crippen LogP contribution in [0.25, 0.3) is 0 Å². The molecule has 0 saturated carbocycles. The van der Waals surface area contributed by atoms with Crippen LogP contribution in [0.4, 0.5) is 4.39 Å². The van der Waals surface area contributed by atoms with Crippen LogP contribution in [0.5, 0.6) is 5.75 Å². The maximum absolute atomic E-state index is 12.9. The van der Waals surface area contributed by atoms with Crippen LogP contribution in [0.1, 0.15) is 23.2 Å². The van der Waals surface area contributed by atoms with Crippen molar-refractivity contribution in [3.8, 4) is 5.75 Å². The second-order valence-electron chi connectivity index (χ2n) is 3.57. The number of halogens is 1. The van der Waals surface area contributed by atoms with Crippen LogP contribution >= 0.6 is 0 Å². The first-order chi connectivity index (χ1) is 8.54. The van der Waals surface area contributed by atoms with Gasteiger partial charge in [0.05, 0.1) is 6.61 Å². The van der Waals surface area contributed by atoms with Gasteiger partial charge in [0.25, 0.3) is 0 Å². The number of aromatic carboxylic acids is 1. The van der Waals surface area contributed by atoms with Gasteiger partial charge in [-0.15, -0.1) is 0 Å². The molecule has 0 bridgehead atoms. The molecular weight excluding hydrogens is 241 g/mol. The summed E-state index contributed by atoms with van der Waals surface area (Å²) in [6, 6.07) is 3.29. The van der Waals surface area contributed by atoms with E-state index in [2.05, 4.69) is 5.32 Å². The zero-order valence-electron chi connectivity index (χ0n) is 9.90. The lowest BCUT2D eigenvalue weighted by Crippen LogP contribution is -2.18. The molecule has 0 fully saturated rings. The minimum Gasteiger partial charge on any atom is -0.493 e. The molecule has 6 heteroatoms. The molecule has 1 aromatic carbocycles. The van der Waals surface area contributed by atoms with Crippen LogP contribution in [-0.4, -0.2) is 30.6 Å². The third-order valence-electron chi connectivity index (χ3n) is 2.26. The van der Waals surface area contributed by atoms with Gasteiger partial charge in [-0.3, -0.25) is 4.79 Å². The van der Waals surface area contributed by atoms with Crippen molar-refractivity contribution in [3.63, 3.8) is 0 Å². The van der Waals surface area contributed by atoms with Gasteiger partial charge in [0.2, 0.25) is 5.91 Å². The Balaban J connectivity index is 2.56. The van der Waals surface area contributed by atoms with Gasteiger partial charge in [-0.2, -0.15) is 0 Å². The Labute approximate surface area is 104 Å². The molecule has 0 saturated heterocycles. The summed E-state index contributed by atoms with van der Waals surface area (Å²) in [6.07, 6.45) is 0.746. The monoisotopic (exact) mass is 255 g/mol. The average Bonchev–Trinajstić information content (AvgIpc) is 2.35. The highest BCUT2D eigenvalue weighted by molar-refractivity contribution is 5.90. The van der Waals surface area contributed by atoms with Gasteiger partial charge in [0.1, 0.15) is 17.1 Å². The normalized spacial score (nSPS) is 9.89. The number of benzene rings is 1. The zero-order chi connectivity index (χ0) is 13.5. The minimum atomic E-state index is -1.25. The smallest absolute Gasteiger partial charge is 0.339 e. The Bertz CT molecular complexity index is 448. The number of nitrogens with one attached hydrogen (secondary N) is 1. The second kappa shape index (κ2) is 6.58. The van der Waals surface area contributed by atoms with E-state index in [0.717, 1.165) is 12.1 Å². The highest BCUT2D eigenvalue weighted by atomic mass is 19.1. The van der Waals surface area contributed by atoms with E-state index in [-0.39, 0.29) is 23.8 Å². The number of hydrogen-bond acceptors (Lipinski definition) is 3. The van der Waals surface area contributed by atoms with Crippen molar-refractivity contribution >= 4 is 11.9 Å². The molecule has 0 heterocycles. The molecule has 0 aliphatic heterocycles. The van der Waals surface area contributed by atoms with Gasteiger partial charge in [-0.05, 0) is 24.6 Å². The number of carbonyl (C=O) groups is 2. The molecule has 0 aromatic heterocycles. The second-order valence-corrected chi connectivity index (χ2v) is 3.57. The maximum atomic E-state index is 12.9. The lowest BCUT2D eigenvalue weighted by atomic mass is 10.2. The summed E-state index contributed by atoms with van der Waals surface area (Å²) in [5, 5.41) is 11.3. The lowest BCUT2D eigenvalue weighted by molar-refractivity contribution is -0.120. The molecular formula is C12H14FNO4. The summed E-state index contributed by atoms with van der Waals surface area (Å²) < 4.78 is 18.1. The van der Waals surface area contributed by atoms with Crippen molar-refractivity contribution in [1.29, 1.82) is 0 Å². The van der Waals surface area contributed by atoms with Crippen molar-refractivity contribution in [3.05, 3.63) is 29.6 Å². The predicted molar refractivity (Wildman–Crippen MR) is 62.2 cm³/mol. The fourth-order valence-electron chi connectivity index (χ4n) is 1.34. The van der Waals surface area contributed by atoms with Gasteiger partial charge in [0, 0.05) is 13.5 Å². The van der Waals surface area contributed by atoms with E-state index >= 15 is 0 Å². The van der Waals surface area contributed by atoms with Gasteiger partial charge in [0.15, 0.2) is 0 Å². The number of carboxylic acids is 1. The fourth-order valence-corrected chi connectivity index (χ4v) is 1.34. The first-order valence-corrected chi connectivity index (χ1v) is 5.41. The fraction of sp³-hybridized carbons (Fsp3) is 0.333. The molecule has 98 valence electrons. The Hall–Kier alpha value is -2.11. The third-order valence-corrected chi connectivity index (χ3v) is 2.26. The Morgan fingerprint density at radius 3 is 2.78 bits per heavy atom. The lowest BCUT2D eigenvalue weighted by Gasteiger charge is -2.08. The number of rotatable bonds is 6. The van der Waals surface area contributed by atoms with Crippen molar-refractivity contribution in [1.82, 2.24) is 5.32 Å². The molecule has 2 N–H and O–H groups in total. The summed E-state index contributed by atoms with van der Waals surface area (Å²) in [6.45, 7) is 0.194. The van der Waals surface area contributed by atoms with Gasteiger partial charge >= 0.3 is 5.97 Å².